The second kappa shape index (κ2) is 5.70. The van der Waals surface area contributed by atoms with E-state index in [9.17, 15) is 4.79 Å². The van der Waals surface area contributed by atoms with Crippen LogP contribution in [0, 0.1) is 11.3 Å². The Kier molecular flexibility index (Phi) is 4.82. The number of carbonyl (C=O) groups excluding carboxylic acids is 1. The Morgan fingerprint density at radius 3 is 2.56 bits per heavy atom. The highest BCUT2D eigenvalue weighted by Gasteiger charge is 2.26. The zero-order valence-electron chi connectivity index (χ0n) is 11.3. The molecule has 0 spiro atoms. The molecule has 16 heavy (non-hydrogen) atoms. The first-order chi connectivity index (χ1) is 7.40. The third-order valence-electron chi connectivity index (χ3n) is 3.37. The van der Waals surface area contributed by atoms with Crippen molar-refractivity contribution >= 4 is 5.91 Å². The van der Waals surface area contributed by atoms with E-state index in [0.29, 0.717) is 17.9 Å². The summed E-state index contributed by atoms with van der Waals surface area (Å²) in [7, 11) is 0. The second-order valence-electron chi connectivity index (χ2n) is 6.42. The predicted octanol–water partition coefficient (Wildman–Crippen LogP) is 3.51. The molecule has 0 aliphatic heterocycles. The van der Waals surface area contributed by atoms with E-state index >= 15 is 0 Å². The van der Waals surface area contributed by atoms with Crippen LogP contribution in [0.5, 0.6) is 0 Å². The average Bonchev–Trinajstić information content (AvgIpc) is 2.15. The Labute approximate surface area is 100 Å². The van der Waals surface area contributed by atoms with Crippen molar-refractivity contribution in [2.45, 2.75) is 72.3 Å². The fourth-order valence-electron chi connectivity index (χ4n) is 2.80. The summed E-state index contributed by atoms with van der Waals surface area (Å²) in [4.78, 5) is 11.4. The number of nitrogens with one attached hydrogen (secondary N) is 1. The van der Waals surface area contributed by atoms with Crippen molar-refractivity contribution in [3.8, 4) is 0 Å². The van der Waals surface area contributed by atoms with Crippen LogP contribution in [0.25, 0.3) is 0 Å². The summed E-state index contributed by atoms with van der Waals surface area (Å²) < 4.78 is 0. The Balaban J connectivity index is 2.38. The van der Waals surface area contributed by atoms with Gasteiger partial charge in [-0.3, -0.25) is 4.79 Å². The Bertz CT molecular complexity index is 229. The van der Waals surface area contributed by atoms with Crippen molar-refractivity contribution in [3.05, 3.63) is 0 Å². The number of hydrogen-bond donors (Lipinski definition) is 1. The van der Waals surface area contributed by atoms with Gasteiger partial charge in [0.15, 0.2) is 0 Å². The van der Waals surface area contributed by atoms with Crippen LogP contribution in [-0.2, 0) is 4.79 Å². The summed E-state index contributed by atoms with van der Waals surface area (Å²) in [5, 5.41) is 3.15. The Morgan fingerprint density at radius 1 is 1.31 bits per heavy atom. The number of carbonyl (C=O) groups is 1. The molecule has 1 saturated carbocycles. The van der Waals surface area contributed by atoms with E-state index in [1.165, 1.54) is 32.1 Å². The zero-order valence-corrected chi connectivity index (χ0v) is 11.3. The molecule has 1 amide bonds. The van der Waals surface area contributed by atoms with Crippen molar-refractivity contribution in [1.82, 2.24) is 5.32 Å². The van der Waals surface area contributed by atoms with Gasteiger partial charge in [0.1, 0.15) is 0 Å². The molecule has 2 heteroatoms. The van der Waals surface area contributed by atoms with E-state index in [1.54, 1.807) is 0 Å². The normalized spacial score (nSPS) is 26.5. The molecule has 0 radical (unpaired) electrons. The molecule has 0 aromatic rings. The number of hydrogen-bond acceptors (Lipinski definition) is 1. The molecule has 0 aromatic heterocycles. The maximum Gasteiger partial charge on any atom is 0.219 e. The molecule has 2 nitrogen and oxygen atoms in total. The zero-order chi connectivity index (χ0) is 12.2. The summed E-state index contributed by atoms with van der Waals surface area (Å²) >= 11 is 0. The Hall–Kier alpha value is -0.530. The lowest BCUT2D eigenvalue weighted by molar-refractivity contribution is -0.121. The largest absolute Gasteiger partial charge is 0.353 e. The minimum Gasteiger partial charge on any atom is -0.353 e. The standard InChI is InChI=1S/C14H27NO/c1-5-13(16)15-12-8-6-7-11(9-12)10-14(2,3)4/h11-12H,5-10H2,1-4H3,(H,15,16). The van der Waals surface area contributed by atoms with Gasteiger partial charge in [-0.15, -0.1) is 0 Å². The average molecular weight is 225 g/mol. The van der Waals surface area contributed by atoms with Crippen LogP contribution in [0.3, 0.4) is 0 Å². The van der Waals surface area contributed by atoms with Gasteiger partial charge < -0.3 is 5.32 Å². The summed E-state index contributed by atoms with van der Waals surface area (Å²) in [5.74, 6) is 1.01. The van der Waals surface area contributed by atoms with Gasteiger partial charge in [-0.05, 0) is 30.6 Å². The summed E-state index contributed by atoms with van der Waals surface area (Å²) in [6, 6.07) is 0.438. The van der Waals surface area contributed by atoms with Gasteiger partial charge in [0.2, 0.25) is 5.91 Å². The molecule has 2 unspecified atom stereocenters. The van der Waals surface area contributed by atoms with Crippen LogP contribution < -0.4 is 5.32 Å². The first-order valence-electron chi connectivity index (χ1n) is 6.70. The summed E-state index contributed by atoms with van der Waals surface area (Å²) in [5.41, 5.74) is 0.418. The molecule has 1 aliphatic carbocycles. The number of amides is 1. The van der Waals surface area contributed by atoms with E-state index in [-0.39, 0.29) is 5.91 Å². The third kappa shape index (κ3) is 5.00. The molecule has 1 rings (SSSR count). The Morgan fingerprint density at radius 2 is 2.00 bits per heavy atom. The van der Waals surface area contributed by atoms with Gasteiger partial charge in [0, 0.05) is 12.5 Å². The van der Waals surface area contributed by atoms with Crippen molar-refractivity contribution in [3.63, 3.8) is 0 Å². The van der Waals surface area contributed by atoms with Gasteiger partial charge in [-0.2, -0.15) is 0 Å². The molecule has 0 bridgehead atoms. The van der Waals surface area contributed by atoms with Crippen LogP contribution in [0.2, 0.25) is 0 Å². The van der Waals surface area contributed by atoms with Crippen molar-refractivity contribution in [1.29, 1.82) is 0 Å². The van der Waals surface area contributed by atoms with Crippen molar-refractivity contribution < 1.29 is 4.79 Å². The van der Waals surface area contributed by atoms with Crippen LogP contribution in [0.4, 0.5) is 0 Å². The van der Waals surface area contributed by atoms with E-state index in [1.807, 2.05) is 6.92 Å². The van der Waals surface area contributed by atoms with Gasteiger partial charge >= 0.3 is 0 Å². The molecule has 94 valence electrons. The van der Waals surface area contributed by atoms with E-state index < -0.39 is 0 Å². The predicted molar refractivity (Wildman–Crippen MR) is 68.3 cm³/mol. The van der Waals surface area contributed by atoms with Crippen LogP contribution in [0.1, 0.15) is 66.2 Å². The highest BCUT2D eigenvalue weighted by molar-refractivity contribution is 5.75. The van der Waals surface area contributed by atoms with Gasteiger partial charge in [-0.1, -0.05) is 40.5 Å². The van der Waals surface area contributed by atoms with E-state index in [0.717, 1.165) is 5.92 Å². The second-order valence-corrected chi connectivity index (χ2v) is 6.42. The molecular weight excluding hydrogens is 198 g/mol. The topological polar surface area (TPSA) is 29.1 Å². The number of rotatable bonds is 3. The molecule has 1 N–H and O–H groups in total. The van der Waals surface area contributed by atoms with Crippen LogP contribution >= 0.6 is 0 Å². The maximum absolute atomic E-state index is 11.4. The molecule has 0 heterocycles. The lowest BCUT2D eigenvalue weighted by Gasteiger charge is -2.33. The fourth-order valence-corrected chi connectivity index (χ4v) is 2.80. The van der Waals surface area contributed by atoms with E-state index in [2.05, 4.69) is 26.1 Å². The fraction of sp³-hybridized carbons (Fsp3) is 0.929. The molecule has 0 saturated heterocycles. The summed E-state index contributed by atoms with van der Waals surface area (Å²) in [6.45, 7) is 8.84. The lowest BCUT2D eigenvalue weighted by Crippen LogP contribution is -2.38. The quantitative estimate of drug-likeness (QED) is 0.782. The highest BCUT2D eigenvalue weighted by Crippen LogP contribution is 2.34. The minimum absolute atomic E-state index is 0.210. The smallest absolute Gasteiger partial charge is 0.219 e. The first-order valence-corrected chi connectivity index (χ1v) is 6.70. The molecule has 1 aliphatic rings. The first kappa shape index (κ1) is 13.5. The highest BCUT2D eigenvalue weighted by atomic mass is 16.1. The third-order valence-corrected chi connectivity index (χ3v) is 3.37. The minimum atomic E-state index is 0.210. The van der Waals surface area contributed by atoms with Crippen LogP contribution in [0.15, 0.2) is 0 Å². The molecule has 0 aromatic carbocycles. The van der Waals surface area contributed by atoms with Gasteiger partial charge in [0.25, 0.3) is 0 Å². The molecular formula is C14H27NO. The van der Waals surface area contributed by atoms with Gasteiger partial charge in [-0.25, -0.2) is 0 Å². The monoisotopic (exact) mass is 225 g/mol. The van der Waals surface area contributed by atoms with Crippen molar-refractivity contribution in [2.75, 3.05) is 0 Å². The van der Waals surface area contributed by atoms with Crippen LogP contribution in [-0.4, -0.2) is 11.9 Å². The maximum atomic E-state index is 11.4. The molecule has 1 fully saturated rings. The lowest BCUT2D eigenvalue weighted by atomic mass is 9.76. The molecule has 2 atom stereocenters. The summed E-state index contributed by atoms with van der Waals surface area (Å²) in [6.07, 6.45) is 6.87. The van der Waals surface area contributed by atoms with E-state index in [4.69, 9.17) is 0 Å². The van der Waals surface area contributed by atoms with Gasteiger partial charge in [0.05, 0.1) is 0 Å². The van der Waals surface area contributed by atoms with Crippen molar-refractivity contribution in [2.24, 2.45) is 11.3 Å². The SMILES string of the molecule is CCC(=O)NC1CCCC(CC(C)(C)C)C1.